The minimum atomic E-state index is -1.59. The van der Waals surface area contributed by atoms with Crippen LogP contribution in [0, 0.1) is 5.92 Å². The highest BCUT2D eigenvalue weighted by Gasteiger charge is 2.27. The molecule has 2 aromatic rings. The topological polar surface area (TPSA) is 133 Å². The number of rotatable bonds is 9. The number of phenols is 1. The zero-order valence-electron chi connectivity index (χ0n) is 17.4. The number of carbonyl (C=O) groups is 2. The van der Waals surface area contributed by atoms with Gasteiger partial charge in [-0.25, -0.2) is 4.79 Å². The summed E-state index contributed by atoms with van der Waals surface area (Å²) in [7, 11) is -0.473. The standard InChI is InChI=1S/C21H22Br2NO7P/c1-10(2)6-16(20(27)28)24-19(26)13-9-12(4-5-17(13)25)31-18-14(22)7-11(8-15(18)23)21(3,29)32-30/h4-5,7-10,16,25,29H,6H2,1-3H3,(H,24,26)(H,27,28). The summed E-state index contributed by atoms with van der Waals surface area (Å²) in [6, 6.07) is 5.98. The molecule has 0 aromatic heterocycles. The number of aliphatic hydroxyl groups is 1. The van der Waals surface area contributed by atoms with E-state index in [0.29, 0.717) is 20.3 Å². The lowest BCUT2D eigenvalue weighted by molar-refractivity contribution is -0.139. The number of aliphatic carboxylic acids is 1. The molecule has 0 aliphatic rings. The first-order valence-corrected chi connectivity index (χ1v) is 11.9. The second kappa shape index (κ2) is 10.7. The van der Waals surface area contributed by atoms with Crippen molar-refractivity contribution in [3.8, 4) is 17.2 Å². The lowest BCUT2D eigenvalue weighted by Gasteiger charge is -2.19. The third-order valence-corrected chi connectivity index (χ3v) is 6.26. The molecule has 0 aliphatic carbocycles. The van der Waals surface area contributed by atoms with Gasteiger partial charge in [0.2, 0.25) is 0 Å². The van der Waals surface area contributed by atoms with Gasteiger partial charge >= 0.3 is 5.97 Å². The zero-order valence-corrected chi connectivity index (χ0v) is 21.5. The normalized spacial score (nSPS) is 14.1. The average molecular weight is 591 g/mol. The maximum atomic E-state index is 12.6. The van der Waals surface area contributed by atoms with Crippen LogP contribution in [0.5, 0.6) is 17.2 Å². The second-order valence-electron chi connectivity index (χ2n) is 7.66. The number of aromatic hydroxyl groups is 1. The van der Waals surface area contributed by atoms with Crippen LogP contribution in [-0.2, 0) is 14.7 Å². The van der Waals surface area contributed by atoms with E-state index in [9.17, 15) is 29.5 Å². The number of hydrogen-bond donors (Lipinski definition) is 4. The quantitative estimate of drug-likeness (QED) is 0.288. The van der Waals surface area contributed by atoms with Crippen LogP contribution in [0.4, 0.5) is 0 Å². The minimum absolute atomic E-state index is 0.0409. The first-order valence-electron chi connectivity index (χ1n) is 9.46. The number of nitrogens with one attached hydrogen (secondary N) is 1. The molecule has 0 bridgehead atoms. The summed E-state index contributed by atoms with van der Waals surface area (Å²) in [5.74, 6) is -1.69. The number of carboxylic acids is 1. The lowest BCUT2D eigenvalue weighted by Crippen LogP contribution is -2.41. The Balaban J connectivity index is 2.33. The molecule has 2 atom stereocenters. The van der Waals surface area contributed by atoms with Gasteiger partial charge in [-0.3, -0.25) is 9.36 Å². The summed E-state index contributed by atoms with van der Waals surface area (Å²) in [6.45, 7) is 5.07. The van der Waals surface area contributed by atoms with Crippen molar-refractivity contribution >= 4 is 52.2 Å². The highest BCUT2D eigenvalue weighted by molar-refractivity contribution is 9.11. The first-order chi connectivity index (χ1) is 14.9. The number of ether oxygens (including phenoxy) is 1. The third-order valence-electron chi connectivity index (χ3n) is 4.47. The summed E-state index contributed by atoms with van der Waals surface area (Å²) < 4.78 is 17.9. The Morgan fingerprint density at radius 2 is 1.78 bits per heavy atom. The van der Waals surface area contributed by atoms with Crippen molar-refractivity contribution in [1.82, 2.24) is 5.32 Å². The van der Waals surface area contributed by atoms with Crippen molar-refractivity contribution < 1.29 is 34.2 Å². The SMILES string of the molecule is CC(C)CC(NC(=O)c1cc(Oc2c(Br)cc(C(C)(O)P=O)cc2Br)ccc1O)C(=O)O. The van der Waals surface area contributed by atoms with Gasteiger partial charge in [0.1, 0.15) is 17.5 Å². The van der Waals surface area contributed by atoms with E-state index in [2.05, 4.69) is 37.2 Å². The molecule has 0 saturated carbocycles. The van der Waals surface area contributed by atoms with Gasteiger partial charge in [0.15, 0.2) is 19.6 Å². The van der Waals surface area contributed by atoms with Gasteiger partial charge in [-0.15, -0.1) is 0 Å². The van der Waals surface area contributed by atoms with Crippen LogP contribution in [0.25, 0.3) is 0 Å². The molecule has 0 aliphatic heterocycles. The molecule has 32 heavy (non-hydrogen) atoms. The maximum Gasteiger partial charge on any atom is 0.326 e. The number of amides is 1. The Labute approximate surface area is 203 Å². The number of hydrogen-bond acceptors (Lipinski definition) is 6. The molecule has 8 nitrogen and oxygen atoms in total. The predicted molar refractivity (Wildman–Crippen MR) is 126 cm³/mol. The molecule has 4 N–H and O–H groups in total. The number of carboxylic acid groups (broad SMARTS) is 1. The van der Waals surface area contributed by atoms with Crippen molar-refractivity contribution in [2.24, 2.45) is 5.92 Å². The van der Waals surface area contributed by atoms with E-state index >= 15 is 0 Å². The van der Waals surface area contributed by atoms with Gasteiger partial charge in [0.05, 0.1) is 14.5 Å². The van der Waals surface area contributed by atoms with E-state index in [-0.39, 0.29) is 29.4 Å². The Kier molecular flexibility index (Phi) is 8.82. The lowest BCUT2D eigenvalue weighted by atomic mass is 10.0. The van der Waals surface area contributed by atoms with Gasteiger partial charge in [-0.1, -0.05) is 13.8 Å². The number of phenolic OH excluding ortho intramolecular Hbond substituents is 1. The monoisotopic (exact) mass is 589 g/mol. The fourth-order valence-electron chi connectivity index (χ4n) is 2.79. The molecular weight excluding hydrogens is 569 g/mol. The van der Waals surface area contributed by atoms with Gasteiger partial charge in [0.25, 0.3) is 5.91 Å². The number of benzene rings is 2. The van der Waals surface area contributed by atoms with Crippen molar-refractivity contribution in [1.29, 1.82) is 0 Å². The molecule has 0 fully saturated rings. The van der Waals surface area contributed by atoms with Crippen LogP contribution in [-0.4, -0.2) is 33.2 Å². The van der Waals surface area contributed by atoms with Gasteiger partial charge in [0, 0.05) is 0 Å². The molecule has 0 radical (unpaired) electrons. The second-order valence-corrected chi connectivity index (χ2v) is 10.4. The molecule has 2 rings (SSSR count). The third kappa shape index (κ3) is 6.51. The van der Waals surface area contributed by atoms with Crippen LogP contribution >= 0.6 is 40.3 Å². The molecule has 2 aromatic carbocycles. The molecule has 0 saturated heterocycles. The fraction of sp³-hybridized carbons (Fsp3) is 0.333. The van der Waals surface area contributed by atoms with Crippen LogP contribution in [0.15, 0.2) is 39.3 Å². The summed E-state index contributed by atoms with van der Waals surface area (Å²) in [5, 5.41) is 30.5. The van der Waals surface area contributed by atoms with E-state index < -0.39 is 31.7 Å². The highest BCUT2D eigenvalue weighted by Crippen LogP contribution is 2.42. The minimum Gasteiger partial charge on any atom is -0.507 e. The van der Waals surface area contributed by atoms with Crippen molar-refractivity contribution in [2.75, 3.05) is 0 Å². The van der Waals surface area contributed by atoms with Crippen LogP contribution in [0.2, 0.25) is 0 Å². The predicted octanol–water partition coefficient (Wildman–Crippen LogP) is 5.40. The van der Waals surface area contributed by atoms with Crippen molar-refractivity contribution in [2.45, 2.75) is 38.6 Å². The Bertz CT molecular complexity index is 1020. The summed E-state index contributed by atoms with van der Waals surface area (Å²) in [5.41, 5.74) is 0.227. The average Bonchev–Trinajstić information content (AvgIpc) is 2.70. The highest BCUT2D eigenvalue weighted by atomic mass is 79.9. The summed E-state index contributed by atoms with van der Waals surface area (Å²) >= 11 is 6.69. The zero-order chi connectivity index (χ0) is 24.2. The molecule has 0 spiro atoms. The van der Waals surface area contributed by atoms with Gasteiger partial charge in [-0.05, 0) is 87.0 Å². The molecule has 1 amide bonds. The van der Waals surface area contributed by atoms with Crippen LogP contribution in [0.3, 0.4) is 0 Å². The van der Waals surface area contributed by atoms with E-state index in [0.717, 1.165) is 0 Å². The Morgan fingerprint density at radius 1 is 1.19 bits per heavy atom. The fourth-order valence-corrected chi connectivity index (χ4v) is 4.37. The van der Waals surface area contributed by atoms with Crippen molar-refractivity contribution in [3.63, 3.8) is 0 Å². The summed E-state index contributed by atoms with van der Waals surface area (Å²) in [4.78, 5) is 24.1. The Hall–Kier alpha value is -2.00. The summed E-state index contributed by atoms with van der Waals surface area (Å²) in [6.07, 6.45) is 0.233. The molecule has 2 unspecified atom stereocenters. The smallest absolute Gasteiger partial charge is 0.326 e. The molecule has 11 heteroatoms. The van der Waals surface area contributed by atoms with E-state index in [1.807, 2.05) is 13.8 Å². The Morgan fingerprint density at radius 3 is 2.28 bits per heavy atom. The largest absolute Gasteiger partial charge is 0.507 e. The molecule has 0 heterocycles. The van der Waals surface area contributed by atoms with Gasteiger partial charge < -0.3 is 25.4 Å². The molecular formula is C21H22Br2NO7P. The van der Waals surface area contributed by atoms with Crippen molar-refractivity contribution in [3.05, 3.63) is 50.4 Å². The molecule has 172 valence electrons. The van der Waals surface area contributed by atoms with Crippen LogP contribution in [0.1, 0.15) is 43.1 Å². The van der Waals surface area contributed by atoms with Crippen LogP contribution < -0.4 is 10.1 Å². The maximum absolute atomic E-state index is 12.6. The van der Waals surface area contributed by atoms with E-state index in [4.69, 9.17) is 4.74 Å². The first kappa shape index (κ1) is 26.3. The van der Waals surface area contributed by atoms with E-state index in [1.165, 1.54) is 25.1 Å². The van der Waals surface area contributed by atoms with E-state index in [1.54, 1.807) is 12.1 Å². The number of halogens is 2. The van der Waals surface area contributed by atoms with Gasteiger partial charge in [-0.2, -0.15) is 0 Å². The number of carbonyl (C=O) groups excluding carboxylic acids is 1.